The third-order valence-corrected chi connectivity index (χ3v) is 7.15. The van der Waals surface area contributed by atoms with Crippen molar-refractivity contribution in [3.63, 3.8) is 0 Å². The van der Waals surface area contributed by atoms with Crippen molar-refractivity contribution < 1.29 is 9.57 Å². The third-order valence-electron chi connectivity index (χ3n) is 7.15. The van der Waals surface area contributed by atoms with Crippen LogP contribution < -0.4 is 27.0 Å². The number of benzene rings is 2. The molecular weight excluding hydrogens is 530 g/mol. The van der Waals surface area contributed by atoms with Crippen LogP contribution in [0.15, 0.2) is 66.7 Å². The first-order valence-electron chi connectivity index (χ1n) is 14.2. The van der Waals surface area contributed by atoms with Crippen LogP contribution >= 0.6 is 0 Å². The van der Waals surface area contributed by atoms with Crippen LogP contribution in [0, 0.1) is 10.8 Å². The van der Waals surface area contributed by atoms with Gasteiger partial charge in [0.2, 0.25) is 0 Å². The number of allylic oxidation sites excluding steroid dienone is 1. The lowest BCUT2D eigenvalue weighted by Gasteiger charge is -2.32. The summed E-state index contributed by atoms with van der Waals surface area (Å²) in [6, 6.07) is 15.2. The number of anilines is 4. The Morgan fingerprint density at radius 1 is 1.00 bits per heavy atom. The van der Waals surface area contributed by atoms with Gasteiger partial charge in [-0.3, -0.25) is 10.3 Å². The second-order valence-electron chi connectivity index (χ2n) is 11.4. The van der Waals surface area contributed by atoms with E-state index in [1.807, 2.05) is 75.4 Å². The Balaban J connectivity index is 1.36. The second kappa shape index (κ2) is 14.1. The van der Waals surface area contributed by atoms with E-state index in [0.29, 0.717) is 35.9 Å². The molecule has 1 fully saturated rings. The van der Waals surface area contributed by atoms with Crippen molar-refractivity contribution in [3.05, 3.63) is 77.8 Å². The molecule has 1 aliphatic rings. The molecule has 3 aromatic rings. The van der Waals surface area contributed by atoms with E-state index in [4.69, 9.17) is 26.6 Å². The quantitative estimate of drug-likeness (QED) is 0.122. The van der Waals surface area contributed by atoms with Gasteiger partial charge in [-0.05, 0) is 61.7 Å². The summed E-state index contributed by atoms with van der Waals surface area (Å²) in [6.45, 7) is 12.5. The van der Waals surface area contributed by atoms with Crippen molar-refractivity contribution in [2.24, 2.45) is 11.3 Å². The van der Waals surface area contributed by atoms with Crippen LogP contribution in [0.5, 0.6) is 5.75 Å². The van der Waals surface area contributed by atoms with Crippen LogP contribution in [0.25, 0.3) is 0 Å². The van der Waals surface area contributed by atoms with Gasteiger partial charge in [0.1, 0.15) is 36.1 Å². The average Bonchev–Trinajstić information content (AvgIpc) is 2.97. The predicted octanol–water partition coefficient (Wildman–Crippen LogP) is 4.08. The topological polar surface area (TPSA) is 151 Å². The highest BCUT2D eigenvalue weighted by Crippen LogP contribution is 2.27. The summed E-state index contributed by atoms with van der Waals surface area (Å²) in [6.07, 6.45) is 3.32. The summed E-state index contributed by atoms with van der Waals surface area (Å²) in [5.74, 6) is 7.59. The minimum absolute atomic E-state index is 0.171. The normalized spacial score (nSPS) is 14.8. The van der Waals surface area contributed by atoms with Crippen LogP contribution in [0.1, 0.15) is 31.9 Å². The molecule has 224 valence electrons. The number of aromatic nitrogens is 2. The van der Waals surface area contributed by atoms with E-state index in [9.17, 15) is 0 Å². The summed E-state index contributed by atoms with van der Waals surface area (Å²) >= 11 is 0. The lowest BCUT2D eigenvalue weighted by Crippen LogP contribution is -2.45. The molecule has 1 saturated heterocycles. The summed E-state index contributed by atoms with van der Waals surface area (Å²) in [4.78, 5) is 18.3. The maximum atomic E-state index is 8.90. The summed E-state index contributed by atoms with van der Waals surface area (Å²) < 4.78 is 5.96. The number of hydrogen-bond donors (Lipinski definition) is 5. The molecule has 7 N–H and O–H groups in total. The molecule has 0 saturated carbocycles. The average molecular weight is 574 g/mol. The maximum absolute atomic E-state index is 8.90. The molecule has 42 heavy (non-hydrogen) atoms. The third kappa shape index (κ3) is 8.41. The minimum Gasteiger partial charge on any atom is -0.492 e. The van der Waals surface area contributed by atoms with E-state index in [0.717, 1.165) is 49.8 Å². The zero-order chi connectivity index (χ0) is 30.1. The molecule has 0 amide bonds. The van der Waals surface area contributed by atoms with Crippen molar-refractivity contribution in [2.45, 2.75) is 20.8 Å². The number of nitrogens with one attached hydrogen (secondary N) is 3. The van der Waals surface area contributed by atoms with Gasteiger partial charge in [-0.25, -0.2) is 9.97 Å². The van der Waals surface area contributed by atoms with Gasteiger partial charge < -0.3 is 30.8 Å². The molecule has 11 heteroatoms. The van der Waals surface area contributed by atoms with E-state index >= 15 is 0 Å². The van der Waals surface area contributed by atoms with E-state index in [1.165, 1.54) is 6.33 Å². The molecule has 1 aliphatic heterocycles. The zero-order valence-corrected chi connectivity index (χ0v) is 25.0. The van der Waals surface area contributed by atoms with Gasteiger partial charge in [-0.1, -0.05) is 20.8 Å². The maximum Gasteiger partial charge on any atom is 0.145 e. The van der Waals surface area contributed by atoms with Gasteiger partial charge in [0, 0.05) is 61.6 Å². The highest BCUT2D eigenvalue weighted by Gasteiger charge is 2.19. The minimum atomic E-state index is -0.171. The van der Waals surface area contributed by atoms with Gasteiger partial charge in [0.25, 0.3) is 0 Å². The fourth-order valence-corrected chi connectivity index (χ4v) is 4.57. The second-order valence-corrected chi connectivity index (χ2v) is 11.4. The summed E-state index contributed by atoms with van der Waals surface area (Å²) in [5, 5.41) is 15.5. The highest BCUT2D eigenvalue weighted by molar-refractivity contribution is 6.16. The van der Waals surface area contributed by atoms with Crippen molar-refractivity contribution in [1.82, 2.24) is 19.8 Å². The van der Waals surface area contributed by atoms with E-state index < -0.39 is 0 Å². The number of rotatable bonds is 12. The van der Waals surface area contributed by atoms with Gasteiger partial charge >= 0.3 is 0 Å². The van der Waals surface area contributed by atoms with Crippen LogP contribution in [-0.4, -0.2) is 78.4 Å². The Labute approximate surface area is 248 Å². The summed E-state index contributed by atoms with van der Waals surface area (Å²) in [7, 11) is 2.15. The lowest BCUT2D eigenvalue weighted by atomic mass is 9.93. The van der Waals surface area contributed by atoms with Crippen LogP contribution in [-0.2, 0) is 4.84 Å². The zero-order valence-electron chi connectivity index (χ0n) is 25.0. The molecule has 0 spiro atoms. The molecule has 0 bridgehead atoms. The smallest absolute Gasteiger partial charge is 0.145 e. The molecule has 2 aromatic carbocycles. The predicted molar refractivity (Wildman–Crippen MR) is 169 cm³/mol. The molecule has 0 unspecified atom stereocenters. The van der Waals surface area contributed by atoms with Crippen LogP contribution in [0.4, 0.5) is 23.0 Å². The van der Waals surface area contributed by atoms with Crippen molar-refractivity contribution in [3.8, 4) is 5.75 Å². The van der Waals surface area contributed by atoms with Crippen LogP contribution in [0.2, 0.25) is 0 Å². The molecular formula is C31H43N9O2. The molecule has 1 aromatic heterocycles. The number of piperazine rings is 1. The largest absolute Gasteiger partial charge is 0.492 e. The number of hydrogen-bond acceptors (Lipinski definition) is 11. The number of likely N-dealkylation sites (N-methyl/N-ethyl adjacent to an activating group) is 1. The molecule has 11 nitrogen and oxygen atoms in total. The SMILES string of the molecule is CN1CCN(CCOc2ccc(C(=N)c3c(N)ncnc3Nc3ccc(NC/C=C(\ON)C(C)(C)C)cc3)cc2)CC1. The molecule has 0 radical (unpaired) electrons. The van der Waals surface area contributed by atoms with Crippen molar-refractivity contribution in [2.75, 3.05) is 69.3 Å². The molecule has 0 aliphatic carbocycles. The summed E-state index contributed by atoms with van der Waals surface area (Å²) in [5.41, 5.74) is 9.14. The van der Waals surface area contributed by atoms with E-state index in [1.54, 1.807) is 0 Å². The number of nitrogens with zero attached hydrogens (tertiary/aromatic N) is 4. The number of nitrogens with two attached hydrogens (primary N) is 2. The Morgan fingerprint density at radius 2 is 1.67 bits per heavy atom. The van der Waals surface area contributed by atoms with E-state index in [-0.39, 0.29) is 16.9 Å². The van der Waals surface area contributed by atoms with E-state index in [2.05, 4.69) is 37.4 Å². The Bertz CT molecular complexity index is 1340. The fraction of sp³-hybridized carbons (Fsp3) is 0.387. The first kappa shape index (κ1) is 30.8. The van der Waals surface area contributed by atoms with Crippen molar-refractivity contribution >= 4 is 28.7 Å². The number of nitrogen functional groups attached to an aromatic ring is 1. The van der Waals surface area contributed by atoms with Gasteiger partial charge in [0.15, 0.2) is 0 Å². The Hall–Kier alpha value is -4.19. The lowest BCUT2D eigenvalue weighted by molar-refractivity contribution is 0.134. The Kier molecular flexibility index (Phi) is 10.3. The first-order chi connectivity index (χ1) is 20.1. The molecule has 0 atom stereocenters. The fourth-order valence-electron chi connectivity index (χ4n) is 4.57. The molecule has 2 heterocycles. The van der Waals surface area contributed by atoms with Crippen molar-refractivity contribution in [1.29, 1.82) is 5.41 Å². The van der Waals surface area contributed by atoms with Gasteiger partial charge in [-0.2, -0.15) is 5.90 Å². The standard InChI is InChI=1S/C31H43N9O2/c1-31(2,3)26(42-34)13-14-35-23-7-9-24(10-8-23)38-30-27(29(33)36-21-37-30)28(32)22-5-11-25(12-6-22)41-20-19-40-17-15-39(4)16-18-40/h5-13,21,32,35H,14-20,34H2,1-4H3,(H3,33,36,37,38)/b26-13-,32-28?. The first-order valence-corrected chi connectivity index (χ1v) is 14.2. The van der Waals surface area contributed by atoms with Crippen LogP contribution in [0.3, 0.4) is 0 Å². The van der Waals surface area contributed by atoms with Gasteiger partial charge in [0.05, 0.1) is 11.3 Å². The monoisotopic (exact) mass is 573 g/mol. The van der Waals surface area contributed by atoms with Gasteiger partial charge in [-0.15, -0.1) is 0 Å². The number of ether oxygens (including phenoxy) is 1. The highest BCUT2D eigenvalue weighted by atomic mass is 16.6. The Morgan fingerprint density at radius 3 is 2.31 bits per heavy atom. The molecule has 4 rings (SSSR count).